The van der Waals surface area contributed by atoms with Crippen LogP contribution in [0.1, 0.15) is 41.9 Å². The molecule has 2 heterocycles. The number of carbonyl (C=O) groups excluding carboxylic acids is 1. The molecule has 0 atom stereocenters. The molecule has 1 amide bonds. The van der Waals surface area contributed by atoms with Crippen LogP contribution in [-0.4, -0.2) is 33.2 Å². The second-order valence-electron chi connectivity index (χ2n) is 8.40. The zero-order valence-electron chi connectivity index (χ0n) is 19.4. The van der Waals surface area contributed by atoms with Crippen molar-refractivity contribution in [1.29, 1.82) is 0 Å². The number of amides is 1. The lowest BCUT2D eigenvalue weighted by Gasteiger charge is -2.15. The van der Waals surface area contributed by atoms with E-state index in [0.29, 0.717) is 24.8 Å². The first-order valence-corrected chi connectivity index (χ1v) is 11.2. The van der Waals surface area contributed by atoms with E-state index in [-0.39, 0.29) is 11.7 Å². The van der Waals surface area contributed by atoms with Crippen LogP contribution < -0.4 is 5.32 Å². The molecular formula is C26H29FN4O2. The Kier molecular flexibility index (Phi) is 6.60. The minimum absolute atomic E-state index is 0.000691. The highest BCUT2D eigenvalue weighted by Crippen LogP contribution is 2.36. The summed E-state index contributed by atoms with van der Waals surface area (Å²) in [6, 6.07) is 13.8. The molecular weight excluding hydrogens is 419 g/mol. The van der Waals surface area contributed by atoms with Crippen molar-refractivity contribution in [3.05, 3.63) is 71.2 Å². The maximum atomic E-state index is 14.3. The SMILES string of the molecule is Cc1c(-c2nc3ccccc3[nH]2)c(NC(=O)c2ccccc2F)n(CCCOC(C)C)c1C. The molecule has 0 fully saturated rings. The van der Waals surface area contributed by atoms with Gasteiger partial charge in [-0.2, -0.15) is 0 Å². The average molecular weight is 449 g/mol. The van der Waals surface area contributed by atoms with Crippen molar-refractivity contribution in [3.63, 3.8) is 0 Å². The van der Waals surface area contributed by atoms with E-state index in [9.17, 15) is 9.18 Å². The number of nitrogens with one attached hydrogen (secondary N) is 2. The fourth-order valence-electron chi connectivity index (χ4n) is 4.00. The highest BCUT2D eigenvalue weighted by molar-refractivity contribution is 6.06. The van der Waals surface area contributed by atoms with Crippen LogP contribution in [0.25, 0.3) is 22.4 Å². The number of carbonyl (C=O) groups is 1. The second kappa shape index (κ2) is 9.58. The van der Waals surface area contributed by atoms with Crippen molar-refractivity contribution in [2.75, 3.05) is 11.9 Å². The third-order valence-electron chi connectivity index (χ3n) is 5.78. The number of hydrogen-bond acceptors (Lipinski definition) is 3. The quantitative estimate of drug-likeness (QED) is 0.332. The molecule has 2 aromatic carbocycles. The smallest absolute Gasteiger partial charge is 0.259 e. The molecule has 0 saturated heterocycles. The summed E-state index contributed by atoms with van der Waals surface area (Å²) >= 11 is 0. The molecule has 6 nitrogen and oxygen atoms in total. The van der Waals surface area contributed by atoms with Crippen LogP contribution in [0.4, 0.5) is 10.2 Å². The van der Waals surface area contributed by atoms with Crippen molar-refractivity contribution in [1.82, 2.24) is 14.5 Å². The first kappa shape index (κ1) is 22.7. The Hall–Kier alpha value is -3.45. The van der Waals surface area contributed by atoms with Gasteiger partial charge in [0.2, 0.25) is 0 Å². The van der Waals surface area contributed by atoms with Crippen molar-refractivity contribution >= 4 is 22.8 Å². The van der Waals surface area contributed by atoms with Crippen LogP contribution in [-0.2, 0) is 11.3 Å². The maximum Gasteiger partial charge on any atom is 0.259 e. The summed E-state index contributed by atoms with van der Waals surface area (Å²) in [7, 11) is 0. The summed E-state index contributed by atoms with van der Waals surface area (Å²) < 4.78 is 22.1. The number of aromatic amines is 1. The van der Waals surface area contributed by atoms with Gasteiger partial charge in [0.1, 0.15) is 17.5 Å². The third-order valence-corrected chi connectivity index (χ3v) is 5.78. The highest BCUT2D eigenvalue weighted by Gasteiger charge is 2.24. The summed E-state index contributed by atoms with van der Waals surface area (Å²) in [5, 5.41) is 2.97. The number of H-pyrrole nitrogens is 1. The summed E-state index contributed by atoms with van der Waals surface area (Å²) in [5.41, 5.74) is 4.57. The fourth-order valence-corrected chi connectivity index (χ4v) is 4.00. The Labute approximate surface area is 192 Å². The summed E-state index contributed by atoms with van der Waals surface area (Å²) in [6.45, 7) is 9.29. The number of imidazole rings is 1. The van der Waals surface area contributed by atoms with E-state index in [1.807, 2.05) is 52.0 Å². The number of halogens is 1. The average Bonchev–Trinajstić information content (AvgIpc) is 3.30. The Balaban J connectivity index is 1.77. The second-order valence-corrected chi connectivity index (χ2v) is 8.40. The Morgan fingerprint density at radius 2 is 1.88 bits per heavy atom. The van der Waals surface area contributed by atoms with Crippen molar-refractivity contribution < 1.29 is 13.9 Å². The fraction of sp³-hybridized carbons (Fsp3) is 0.308. The number of para-hydroxylation sites is 2. The van der Waals surface area contributed by atoms with Crippen LogP contribution in [0, 0.1) is 19.7 Å². The van der Waals surface area contributed by atoms with Gasteiger partial charge in [-0.1, -0.05) is 24.3 Å². The molecule has 4 aromatic rings. The van der Waals surface area contributed by atoms with Crippen LogP contribution in [0.2, 0.25) is 0 Å². The first-order chi connectivity index (χ1) is 15.9. The van der Waals surface area contributed by atoms with Crippen LogP contribution in [0.5, 0.6) is 0 Å². The van der Waals surface area contributed by atoms with Gasteiger partial charge in [0.15, 0.2) is 0 Å². The topological polar surface area (TPSA) is 71.9 Å². The van der Waals surface area contributed by atoms with Crippen LogP contribution in [0.3, 0.4) is 0 Å². The maximum absolute atomic E-state index is 14.3. The summed E-state index contributed by atoms with van der Waals surface area (Å²) in [6.07, 6.45) is 0.929. The molecule has 0 unspecified atom stereocenters. The number of anilines is 1. The van der Waals surface area contributed by atoms with E-state index in [1.54, 1.807) is 12.1 Å². The summed E-state index contributed by atoms with van der Waals surface area (Å²) in [4.78, 5) is 21.2. The molecule has 33 heavy (non-hydrogen) atoms. The number of aromatic nitrogens is 3. The number of fused-ring (bicyclic) bond motifs is 1. The van der Waals surface area contributed by atoms with Crippen molar-refractivity contribution in [3.8, 4) is 11.4 Å². The Morgan fingerprint density at radius 1 is 1.15 bits per heavy atom. The molecule has 4 rings (SSSR count). The van der Waals surface area contributed by atoms with Crippen molar-refractivity contribution in [2.45, 2.75) is 46.8 Å². The van der Waals surface area contributed by atoms with Gasteiger partial charge in [-0.25, -0.2) is 9.37 Å². The molecule has 172 valence electrons. The summed E-state index contributed by atoms with van der Waals surface area (Å²) in [5.74, 6) is 0.208. The molecule has 0 radical (unpaired) electrons. The lowest BCUT2D eigenvalue weighted by molar-refractivity contribution is 0.0749. The van der Waals surface area contributed by atoms with Gasteiger partial charge >= 0.3 is 0 Å². The minimum Gasteiger partial charge on any atom is -0.379 e. The van der Waals surface area contributed by atoms with Gasteiger partial charge in [0, 0.05) is 18.8 Å². The van der Waals surface area contributed by atoms with Gasteiger partial charge in [-0.3, -0.25) is 4.79 Å². The molecule has 2 aromatic heterocycles. The number of rotatable bonds is 8. The van der Waals surface area contributed by atoms with E-state index >= 15 is 0 Å². The normalized spacial score (nSPS) is 11.5. The predicted octanol–water partition coefficient (Wildman–Crippen LogP) is 5.85. The minimum atomic E-state index is -0.558. The van der Waals surface area contributed by atoms with E-state index in [2.05, 4.69) is 14.9 Å². The van der Waals surface area contributed by atoms with Crippen molar-refractivity contribution in [2.24, 2.45) is 0 Å². The van der Waals surface area contributed by atoms with Gasteiger partial charge in [-0.05, 0) is 63.9 Å². The molecule has 0 aliphatic carbocycles. The van der Waals surface area contributed by atoms with Crippen LogP contribution >= 0.6 is 0 Å². The molecule has 0 saturated carbocycles. The number of ether oxygens (including phenoxy) is 1. The highest BCUT2D eigenvalue weighted by atomic mass is 19.1. The lowest BCUT2D eigenvalue weighted by Crippen LogP contribution is -2.18. The molecule has 7 heteroatoms. The van der Waals surface area contributed by atoms with E-state index in [0.717, 1.165) is 34.3 Å². The van der Waals surface area contributed by atoms with Gasteiger partial charge in [-0.15, -0.1) is 0 Å². The predicted molar refractivity (Wildman–Crippen MR) is 129 cm³/mol. The van der Waals surface area contributed by atoms with E-state index in [4.69, 9.17) is 9.72 Å². The standard InChI is InChI=1S/C26H29FN4O2/c1-16(2)33-15-9-14-31-18(4)17(3)23(24-28-21-12-7-8-13-22(21)29-24)25(31)30-26(32)19-10-5-6-11-20(19)27/h5-8,10-13,16H,9,14-15H2,1-4H3,(H,28,29)(H,30,32). The molecule has 0 aliphatic rings. The Bertz CT molecular complexity index is 1260. The lowest BCUT2D eigenvalue weighted by atomic mass is 10.1. The number of nitrogens with zero attached hydrogens (tertiary/aromatic N) is 2. The van der Waals surface area contributed by atoms with Gasteiger partial charge in [0.25, 0.3) is 5.91 Å². The molecule has 2 N–H and O–H groups in total. The first-order valence-electron chi connectivity index (χ1n) is 11.2. The Morgan fingerprint density at radius 3 is 2.61 bits per heavy atom. The molecule has 0 spiro atoms. The van der Waals surface area contributed by atoms with Gasteiger partial charge < -0.3 is 19.6 Å². The number of benzene rings is 2. The number of hydrogen-bond donors (Lipinski definition) is 2. The molecule has 0 bridgehead atoms. The third kappa shape index (κ3) is 4.68. The van der Waals surface area contributed by atoms with E-state index in [1.165, 1.54) is 12.1 Å². The zero-order chi connectivity index (χ0) is 23.5. The largest absolute Gasteiger partial charge is 0.379 e. The van der Waals surface area contributed by atoms with E-state index < -0.39 is 11.7 Å². The van der Waals surface area contributed by atoms with Crippen LogP contribution in [0.15, 0.2) is 48.5 Å². The monoisotopic (exact) mass is 448 g/mol. The van der Waals surface area contributed by atoms with Gasteiger partial charge in [0.05, 0.1) is 28.3 Å². The zero-order valence-corrected chi connectivity index (χ0v) is 19.4. The molecule has 0 aliphatic heterocycles.